The Morgan fingerprint density at radius 2 is 1.82 bits per heavy atom. The first kappa shape index (κ1) is 24.2. The third-order valence-corrected chi connectivity index (χ3v) is 5.33. The number of hydrogen-bond donors (Lipinski definition) is 4. The zero-order chi connectivity index (χ0) is 26.9. The number of rotatable bonds is 5. The number of carbonyl (C=O) groups excluding carboxylic acids is 1. The summed E-state index contributed by atoms with van der Waals surface area (Å²) in [6.45, 7) is 0. The number of aromatic amines is 1. The molecule has 0 radical (unpaired) electrons. The molecule has 2 aromatic carbocycles. The van der Waals surface area contributed by atoms with E-state index in [9.17, 15) is 28.0 Å². The Bertz CT molecular complexity index is 1690. The number of halogens is 3. The van der Waals surface area contributed by atoms with Gasteiger partial charge in [0.05, 0.1) is 22.6 Å². The molecule has 0 saturated heterocycles. The SMILES string of the molecule is O=C(Nc1ccc(Nc2c3c(=O)cc[nH]c3nc[n+]2[O-])cc1)Nc1cc(C(F)(F)F)ccc1-n1cncn1. The number of pyridine rings is 1. The van der Waals surface area contributed by atoms with E-state index in [1.165, 1.54) is 59.9 Å². The van der Waals surface area contributed by atoms with Gasteiger partial charge in [-0.2, -0.15) is 18.3 Å². The van der Waals surface area contributed by atoms with Gasteiger partial charge in [0.15, 0.2) is 10.8 Å². The Labute approximate surface area is 210 Å². The normalized spacial score (nSPS) is 11.3. The van der Waals surface area contributed by atoms with E-state index in [4.69, 9.17) is 0 Å². The zero-order valence-electron chi connectivity index (χ0n) is 19.0. The molecule has 38 heavy (non-hydrogen) atoms. The van der Waals surface area contributed by atoms with E-state index >= 15 is 0 Å². The van der Waals surface area contributed by atoms with Crippen LogP contribution in [0.15, 0.2) is 78.5 Å². The molecule has 0 aliphatic heterocycles. The van der Waals surface area contributed by atoms with Crippen LogP contribution in [0.3, 0.4) is 0 Å². The average molecular weight is 523 g/mol. The molecule has 2 amide bonds. The first-order valence-corrected chi connectivity index (χ1v) is 10.8. The van der Waals surface area contributed by atoms with E-state index in [1.807, 2.05) is 0 Å². The molecule has 3 aromatic heterocycles. The molecular formula is C23H16F3N9O3. The highest BCUT2D eigenvalue weighted by atomic mass is 19.4. The maximum absolute atomic E-state index is 13.2. The molecule has 5 aromatic rings. The van der Waals surface area contributed by atoms with E-state index < -0.39 is 23.2 Å². The molecule has 0 fully saturated rings. The van der Waals surface area contributed by atoms with Crippen LogP contribution in [0, 0.1) is 5.21 Å². The van der Waals surface area contributed by atoms with Crippen molar-refractivity contribution in [2.24, 2.45) is 0 Å². The van der Waals surface area contributed by atoms with Gasteiger partial charge in [-0.15, -0.1) is 0 Å². The van der Waals surface area contributed by atoms with Crippen LogP contribution in [-0.4, -0.2) is 30.8 Å². The van der Waals surface area contributed by atoms with Crippen LogP contribution in [-0.2, 0) is 6.18 Å². The summed E-state index contributed by atoms with van der Waals surface area (Å²) >= 11 is 0. The van der Waals surface area contributed by atoms with Crippen LogP contribution >= 0.6 is 0 Å². The highest BCUT2D eigenvalue weighted by molar-refractivity contribution is 6.01. The minimum atomic E-state index is -4.62. The van der Waals surface area contributed by atoms with E-state index in [1.54, 1.807) is 0 Å². The van der Waals surface area contributed by atoms with Crippen LogP contribution in [0.5, 0.6) is 0 Å². The van der Waals surface area contributed by atoms with E-state index in [2.05, 4.69) is 36.0 Å². The summed E-state index contributed by atoms with van der Waals surface area (Å²) in [5, 5.41) is 24.0. The number of nitrogens with zero attached hydrogens (tertiary/aromatic N) is 5. The molecule has 4 N–H and O–H groups in total. The van der Waals surface area contributed by atoms with Gasteiger partial charge < -0.3 is 20.8 Å². The second-order valence-electron chi connectivity index (χ2n) is 7.84. The fraction of sp³-hybridized carbons (Fsp3) is 0.0435. The predicted molar refractivity (Wildman–Crippen MR) is 130 cm³/mol. The molecule has 12 nitrogen and oxygen atoms in total. The number of aromatic nitrogens is 6. The number of nitrogens with one attached hydrogen (secondary N) is 4. The van der Waals surface area contributed by atoms with Gasteiger partial charge in [0.1, 0.15) is 12.7 Å². The van der Waals surface area contributed by atoms with Crippen LogP contribution in [0.1, 0.15) is 5.56 Å². The molecule has 3 heterocycles. The number of benzene rings is 2. The second kappa shape index (κ2) is 9.53. The van der Waals surface area contributed by atoms with Crippen molar-refractivity contribution in [3.8, 4) is 5.69 Å². The minimum absolute atomic E-state index is 0.0412. The lowest BCUT2D eigenvalue weighted by Crippen LogP contribution is -2.32. The highest BCUT2D eigenvalue weighted by Crippen LogP contribution is 2.33. The lowest BCUT2D eigenvalue weighted by molar-refractivity contribution is -0.592. The van der Waals surface area contributed by atoms with Gasteiger partial charge in [0.25, 0.3) is 0 Å². The number of hydrogen-bond acceptors (Lipinski definition) is 7. The van der Waals surface area contributed by atoms with E-state index in [0.29, 0.717) is 16.1 Å². The van der Waals surface area contributed by atoms with Gasteiger partial charge in [0.2, 0.25) is 17.8 Å². The maximum Gasteiger partial charge on any atom is 0.416 e. The average Bonchev–Trinajstić information content (AvgIpc) is 3.41. The minimum Gasteiger partial charge on any atom is -0.740 e. The molecule has 0 aliphatic rings. The fourth-order valence-corrected chi connectivity index (χ4v) is 3.60. The van der Waals surface area contributed by atoms with Gasteiger partial charge in [-0.05, 0) is 42.5 Å². The zero-order valence-corrected chi connectivity index (χ0v) is 19.0. The summed E-state index contributed by atoms with van der Waals surface area (Å²) in [6.07, 6.45) is 0.279. The van der Waals surface area contributed by atoms with Gasteiger partial charge >= 0.3 is 12.2 Å². The third kappa shape index (κ3) is 4.92. The lowest BCUT2D eigenvalue weighted by atomic mass is 10.1. The van der Waals surface area contributed by atoms with Gasteiger partial charge in [-0.1, -0.05) is 4.98 Å². The van der Waals surface area contributed by atoms with Crippen LogP contribution in [0.25, 0.3) is 16.7 Å². The van der Waals surface area contributed by atoms with Crippen molar-refractivity contribution in [2.45, 2.75) is 6.18 Å². The molecule has 15 heteroatoms. The number of H-pyrrole nitrogens is 1. The Morgan fingerprint density at radius 3 is 2.53 bits per heavy atom. The van der Waals surface area contributed by atoms with Crippen molar-refractivity contribution in [3.05, 3.63) is 94.7 Å². The van der Waals surface area contributed by atoms with Crippen molar-refractivity contribution in [1.29, 1.82) is 0 Å². The largest absolute Gasteiger partial charge is 0.740 e. The molecule has 0 bridgehead atoms. The Balaban J connectivity index is 1.34. The van der Waals surface area contributed by atoms with Crippen molar-refractivity contribution in [1.82, 2.24) is 24.7 Å². The molecular weight excluding hydrogens is 507 g/mol. The van der Waals surface area contributed by atoms with Crippen molar-refractivity contribution < 1.29 is 22.7 Å². The van der Waals surface area contributed by atoms with Gasteiger partial charge in [-0.3, -0.25) is 10.1 Å². The predicted octanol–water partition coefficient (Wildman–Crippen LogP) is 3.54. The van der Waals surface area contributed by atoms with Gasteiger partial charge in [0, 0.05) is 18.0 Å². The number of anilines is 4. The summed E-state index contributed by atoms with van der Waals surface area (Å²) in [4.78, 5) is 35.3. The Morgan fingerprint density at radius 1 is 1.05 bits per heavy atom. The summed E-state index contributed by atoms with van der Waals surface area (Å²) in [7, 11) is 0. The number of urea groups is 1. The maximum atomic E-state index is 13.2. The number of amides is 2. The smallest absolute Gasteiger partial charge is 0.416 e. The summed E-state index contributed by atoms with van der Waals surface area (Å²) < 4.78 is 41.4. The molecule has 0 atom stereocenters. The fourth-order valence-electron chi connectivity index (χ4n) is 3.60. The van der Waals surface area contributed by atoms with Crippen LogP contribution in [0.4, 0.5) is 40.8 Å². The van der Waals surface area contributed by atoms with Crippen LogP contribution < -0.4 is 26.1 Å². The first-order chi connectivity index (χ1) is 18.2. The van der Waals surface area contributed by atoms with Crippen LogP contribution in [0.2, 0.25) is 0 Å². The lowest BCUT2D eigenvalue weighted by Gasteiger charge is -2.15. The molecule has 0 unspecified atom stereocenters. The molecule has 0 spiro atoms. The van der Waals surface area contributed by atoms with Gasteiger partial charge in [-0.25, -0.2) is 19.2 Å². The number of carbonyl (C=O) groups is 1. The quantitative estimate of drug-likeness (QED) is 0.203. The molecule has 0 aliphatic carbocycles. The Kier molecular flexibility index (Phi) is 6.08. The van der Waals surface area contributed by atoms with E-state index in [-0.39, 0.29) is 28.2 Å². The topological polar surface area (TPSA) is 157 Å². The van der Waals surface area contributed by atoms with Crippen molar-refractivity contribution >= 4 is 39.9 Å². The molecule has 0 saturated carbocycles. The summed E-state index contributed by atoms with van der Waals surface area (Å²) in [5.41, 5.74) is -0.384. The Hall–Kier alpha value is -5.47. The summed E-state index contributed by atoms with van der Waals surface area (Å²) in [6, 6.07) is 9.34. The first-order valence-electron chi connectivity index (χ1n) is 10.8. The van der Waals surface area contributed by atoms with Crippen molar-refractivity contribution in [3.63, 3.8) is 0 Å². The molecule has 5 rings (SSSR count). The summed E-state index contributed by atoms with van der Waals surface area (Å²) in [5.74, 6) is -0.0412. The number of fused-ring (bicyclic) bond motifs is 1. The monoisotopic (exact) mass is 523 g/mol. The van der Waals surface area contributed by atoms with E-state index in [0.717, 1.165) is 18.5 Å². The second-order valence-corrected chi connectivity index (χ2v) is 7.84. The number of alkyl halides is 3. The molecule has 192 valence electrons. The highest BCUT2D eigenvalue weighted by Gasteiger charge is 2.31. The third-order valence-electron chi connectivity index (χ3n) is 5.33. The van der Waals surface area contributed by atoms with Crippen molar-refractivity contribution in [2.75, 3.05) is 16.0 Å². The standard InChI is InChI=1S/C23H16F3N9O3/c24-23(25,26)13-1-6-17(34-11-27-10-30-34)16(9-13)33-22(37)32-15-4-2-14(3-5-15)31-21-19-18(36)7-8-28-20(19)29-12-35(21)38/h1-12,31H,(H,28,29,36)(H2,32,33,37).